The Morgan fingerprint density at radius 3 is 2.89 bits per heavy atom. The van der Waals surface area contributed by atoms with Crippen LogP contribution in [-0.4, -0.2) is 30.1 Å². The van der Waals surface area contributed by atoms with Gasteiger partial charge in [0.25, 0.3) is 5.91 Å². The number of carbonyl (C=O) groups excluding carboxylic acids is 2. The molecule has 0 saturated carbocycles. The lowest BCUT2D eigenvalue weighted by atomic mass is 9.91. The molecule has 1 heterocycles. The predicted octanol–water partition coefficient (Wildman–Crippen LogP) is 3.45. The van der Waals surface area contributed by atoms with Gasteiger partial charge in [0.2, 0.25) is 0 Å². The number of amides is 1. The zero-order valence-corrected chi connectivity index (χ0v) is 16.6. The molecule has 1 aromatic heterocycles. The molecule has 1 amide bonds. The standard InChI is InChI=1S/C20H24N2O4S/c1-4-25-19(24)14-6-7-15-17(10-14)27-20(21-15)22-18(23)11-26-16-8-5-12(2)9-13(16)3/h5,8-9,14H,4,6-7,10-11H2,1-3H3,(H,21,22,23). The average molecular weight is 388 g/mol. The number of fused-ring (bicyclic) bond motifs is 1. The molecule has 0 aliphatic heterocycles. The molecule has 0 radical (unpaired) electrons. The van der Waals surface area contributed by atoms with Crippen LogP contribution in [0.5, 0.6) is 5.75 Å². The number of hydrogen-bond donors (Lipinski definition) is 1. The molecule has 7 heteroatoms. The molecule has 0 bridgehead atoms. The Kier molecular flexibility index (Phi) is 6.11. The van der Waals surface area contributed by atoms with Crippen LogP contribution in [0.25, 0.3) is 0 Å². The second kappa shape index (κ2) is 8.52. The van der Waals surface area contributed by atoms with Crippen molar-refractivity contribution >= 4 is 28.3 Å². The second-order valence-corrected chi connectivity index (χ2v) is 7.77. The van der Waals surface area contributed by atoms with E-state index >= 15 is 0 Å². The fourth-order valence-corrected chi connectivity index (χ4v) is 4.25. The molecule has 144 valence electrons. The van der Waals surface area contributed by atoms with E-state index in [1.165, 1.54) is 11.3 Å². The number of thiazole rings is 1. The highest BCUT2D eigenvalue weighted by molar-refractivity contribution is 7.15. The lowest BCUT2D eigenvalue weighted by molar-refractivity contribution is -0.148. The van der Waals surface area contributed by atoms with Crippen LogP contribution in [0.2, 0.25) is 0 Å². The molecular formula is C20H24N2O4S. The van der Waals surface area contributed by atoms with Crippen LogP contribution in [0.3, 0.4) is 0 Å². The molecule has 1 aliphatic carbocycles. The van der Waals surface area contributed by atoms with Gasteiger partial charge in [-0.05, 0) is 51.7 Å². The van der Waals surface area contributed by atoms with Crippen LogP contribution < -0.4 is 10.1 Å². The number of hydrogen-bond acceptors (Lipinski definition) is 6. The van der Waals surface area contributed by atoms with Crippen molar-refractivity contribution < 1.29 is 19.1 Å². The van der Waals surface area contributed by atoms with Gasteiger partial charge in [-0.1, -0.05) is 17.7 Å². The minimum Gasteiger partial charge on any atom is -0.483 e. The van der Waals surface area contributed by atoms with E-state index in [4.69, 9.17) is 9.47 Å². The molecule has 3 rings (SSSR count). The predicted molar refractivity (Wildman–Crippen MR) is 104 cm³/mol. The van der Waals surface area contributed by atoms with E-state index in [9.17, 15) is 9.59 Å². The van der Waals surface area contributed by atoms with Gasteiger partial charge in [-0.25, -0.2) is 4.98 Å². The summed E-state index contributed by atoms with van der Waals surface area (Å²) < 4.78 is 10.7. The van der Waals surface area contributed by atoms with Crippen molar-refractivity contribution in [3.8, 4) is 5.75 Å². The van der Waals surface area contributed by atoms with Gasteiger partial charge in [0.05, 0.1) is 18.2 Å². The van der Waals surface area contributed by atoms with Crippen LogP contribution in [0.1, 0.15) is 35.0 Å². The maximum Gasteiger partial charge on any atom is 0.309 e. The Morgan fingerprint density at radius 1 is 1.33 bits per heavy atom. The number of nitrogens with one attached hydrogen (secondary N) is 1. The number of benzene rings is 1. The first-order valence-electron chi connectivity index (χ1n) is 9.11. The zero-order valence-electron chi connectivity index (χ0n) is 15.8. The second-order valence-electron chi connectivity index (χ2n) is 6.69. The Bertz CT molecular complexity index is 847. The molecule has 0 fully saturated rings. The van der Waals surface area contributed by atoms with Crippen LogP contribution in [0.15, 0.2) is 18.2 Å². The monoisotopic (exact) mass is 388 g/mol. The lowest BCUT2D eigenvalue weighted by Gasteiger charge is -2.18. The van der Waals surface area contributed by atoms with Crippen molar-refractivity contribution in [1.82, 2.24) is 4.98 Å². The largest absolute Gasteiger partial charge is 0.483 e. The molecule has 6 nitrogen and oxygen atoms in total. The third-order valence-electron chi connectivity index (χ3n) is 4.50. The summed E-state index contributed by atoms with van der Waals surface area (Å²) in [5.74, 6) is 0.188. The van der Waals surface area contributed by atoms with Crippen molar-refractivity contribution in [2.75, 3.05) is 18.5 Å². The van der Waals surface area contributed by atoms with Gasteiger partial charge >= 0.3 is 5.97 Å². The molecule has 0 saturated heterocycles. The van der Waals surface area contributed by atoms with Gasteiger partial charge in [-0.3, -0.25) is 14.9 Å². The first-order chi connectivity index (χ1) is 13.0. The van der Waals surface area contributed by atoms with Gasteiger partial charge in [-0.2, -0.15) is 0 Å². The van der Waals surface area contributed by atoms with E-state index in [-0.39, 0.29) is 24.4 Å². The van der Waals surface area contributed by atoms with Gasteiger partial charge in [0.15, 0.2) is 11.7 Å². The molecule has 0 spiro atoms. The zero-order chi connectivity index (χ0) is 19.4. The van der Waals surface area contributed by atoms with E-state index in [2.05, 4.69) is 10.3 Å². The summed E-state index contributed by atoms with van der Waals surface area (Å²) in [6.07, 6.45) is 2.09. The van der Waals surface area contributed by atoms with Gasteiger partial charge in [-0.15, -0.1) is 11.3 Å². The average Bonchev–Trinajstić information content (AvgIpc) is 3.02. The third kappa shape index (κ3) is 4.86. The van der Waals surface area contributed by atoms with Crippen molar-refractivity contribution in [1.29, 1.82) is 0 Å². The lowest BCUT2D eigenvalue weighted by Crippen LogP contribution is -2.24. The number of aryl methyl sites for hydroxylation is 3. The number of ether oxygens (including phenoxy) is 2. The number of anilines is 1. The normalized spacial score (nSPS) is 15.7. The van der Waals surface area contributed by atoms with Crippen molar-refractivity contribution in [2.45, 2.75) is 40.0 Å². The first kappa shape index (κ1) is 19.4. The van der Waals surface area contributed by atoms with Gasteiger partial charge in [0.1, 0.15) is 5.75 Å². The Hall–Kier alpha value is -2.41. The van der Waals surface area contributed by atoms with Crippen LogP contribution in [0, 0.1) is 19.8 Å². The fourth-order valence-electron chi connectivity index (χ4n) is 3.15. The van der Waals surface area contributed by atoms with Crippen LogP contribution >= 0.6 is 11.3 Å². The summed E-state index contributed by atoms with van der Waals surface area (Å²) in [5.41, 5.74) is 3.11. The molecule has 2 aromatic rings. The van der Waals surface area contributed by atoms with E-state index < -0.39 is 0 Å². The number of esters is 1. The summed E-state index contributed by atoms with van der Waals surface area (Å²) in [7, 11) is 0. The summed E-state index contributed by atoms with van der Waals surface area (Å²) in [5, 5.41) is 3.35. The van der Waals surface area contributed by atoms with E-state index in [0.717, 1.165) is 34.5 Å². The van der Waals surface area contributed by atoms with Crippen molar-refractivity contribution in [2.24, 2.45) is 5.92 Å². The fraction of sp³-hybridized carbons (Fsp3) is 0.450. The van der Waals surface area contributed by atoms with Crippen LogP contribution in [0.4, 0.5) is 5.13 Å². The summed E-state index contributed by atoms with van der Waals surface area (Å²) in [4.78, 5) is 29.7. The molecule has 27 heavy (non-hydrogen) atoms. The molecule has 1 unspecified atom stereocenters. The summed E-state index contributed by atoms with van der Waals surface area (Å²) >= 11 is 1.42. The number of nitrogens with zero attached hydrogens (tertiary/aromatic N) is 1. The number of rotatable bonds is 6. The molecule has 1 atom stereocenters. The molecule has 1 aromatic carbocycles. The minimum absolute atomic E-state index is 0.0698. The Morgan fingerprint density at radius 2 is 2.15 bits per heavy atom. The highest BCUT2D eigenvalue weighted by atomic mass is 32.1. The topological polar surface area (TPSA) is 77.5 Å². The molecular weight excluding hydrogens is 364 g/mol. The van der Waals surface area contributed by atoms with E-state index in [1.807, 2.05) is 39.0 Å². The number of carbonyl (C=O) groups is 2. The molecule has 1 N–H and O–H groups in total. The van der Waals surface area contributed by atoms with Crippen molar-refractivity contribution in [3.05, 3.63) is 39.9 Å². The highest BCUT2D eigenvalue weighted by Gasteiger charge is 2.28. The smallest absolute Gasteiger partial charge is 0.309 e. The Labute approximate surface area is 162 Å². The van der Waals surface area contributed by atoms with Crippen LogP contribution in [-0.2, 0) is 27.2 Å². The Balaban J connectivity index is 1.56. The SMILES string of the molecule is CCOC(=O)C1CCc2nc(NC(=O)COc3ccc(C)cc3C)sc2C1. The van der Waals surface area contributed by atoms with E-state index in [1.54, 1.807) is 0 Å². The maximum absolute atomic E-state index is 12.2. The maximum atomic E-state index is 12.2. The van der Waals surface area contributed by atoms with Crippen molar-refractivity contribution in [3.63, 3.8) is 0 Å². The molecule has 1 aliphatic rings. The summed E-state index contributed by atoms with van der Waals surface area (Å²) in [6.45, 7) is 6.11. The summed E-state index contributed by atoms with van der Waals surface area (Å²) in [6, 6.07) is 5.84. The van der Waals surface area contributed by atoms with Gasteiger partial charge in [0, 0.05) is 4.88 Å². The first-order valence-corrected chi connectivity index (χ1v) is 9.93. The third-order valence-corrected chi connectivity index (χ3v) is 5.53. The highest BCUT2D eigenvalue weighted by Crippen LogP contribution is 2.33. The van der Waals surface area contributed by atoms with Gasteiger partial charge < -0.3 is 9.47 Å². The minimum atomic E-state index is -0.247. The number of aromatic nitrogens is 1. The van der Waals surface area contributed by atoms with E-state index in [0.29, 0.717) is 23.9 Å². The quantitative estimate of drug-likeness (QED) is 0.767.